The average molecular weight is 493 g/mol. The van der Waals surface area contributed by atoms with Gasteiger partial charge < -0.3 is 0 Å². The normalized spacial score (nSPS) is 13.8. The van der Waals surface area contributed by atoms with Crippen molar-refractivity contribution in [3.05, 3.63) is 0 Å². The van der Waals surface area contributed by atoms with Gasteiger partial charge >= 0.3 is 162 Å². The minimum atomic E-state index is -1.15. The van der Waals surface area contributed by atoms with Crippen LogP contribution in [-0.2, 0) is 19.2 Å². The average Bonchev–Trinajstić information content (AvgIpc) is 2.54. The molecule has 3 atom stereocenters. The van der Waals surface area contributed by atoms with E-state index in [1.54, 1.807) is 7.05 Å². The van der Waals surface area contributed by atoms with Crippen LogP contribution in [-0.4, -0.2) is 103 Å². The van der Waals surface area contributed by atoms with Crippen LogP contribution in [0.5, 0.6) is 0 Å². The molecular weight excluding hydrogens is 468 g/mol. The predicted molar refractivity (Wildman–Crippen MR) is 93.7 cm³/mol. The molecule has 0 bridgehead atoms. The first-order valence-corrected chi connectivity index (χ1v) is 9.84. The molecule has 25 heavy (non-hydrogen) atoms. The quantitative estimate of drug-likeness (QED) is 0.154. The van der Waals surface area contributed by atoms with Gasteiger partial charge in [-0.25, -0.2) is 0 Å². The van der Waals surface area contributed by atoms with E-state index in [1.165, 1.54) is 0 Å². The van der Waals surface area contributed by atoms with E-state index in [0.29, 0.717) is 10.6 Å². The number of rotatable bonds is 12. The van der Waals surface area contributed by atoms with E-state index >= 15 is 0 Å². The summed E-state index contributed by atoms with van der Waals surface area (Å²) < 4.78 is 0. The number of Topliss-reactive ketones (excluding diaryl/α,β-unsaturated/α-hetero) is 1. The van der Waals surface area contributed by atoms with Gasteiger partial charge in [-0.05, 0) is 0 Å². The molecule has 0 aliphatic rings. The van der Waals surface area contributed by atoms with Crippen LogP contribution in [0.15, 0.2) is 0 Å². The van der Waals surface area contributed by atoms with E-state index in [4.69, 9.17) is 21.1 Å². The van der Waals surface area contributed by atoms with Crippen LogP contribution >= 0.6 is 0 Å². The standard InChI is InChI=1S/C9H16N2O5Se.C4H9NO2Se/c10-6(8(13)14)2-1-5(12)3-11-7(4-17)9(15)16;1-5-3(2-8)4(6)7/h6-7,11,17H,1-4,10H2,(H,13,14)(H,15,16);3,5,8H,2H2,1H3,(H,6,7)/t6-,7-;3-/m00/s1. The van der Waals surface area contributed by atoms with Gasteiger partial charge in [0.05, 0.1) is 0 Å². The fraction of sp³-hybridized carbons (Fsp3) is 0.692. The Kier molecular flexibility index (Phi) is 16.0. The molecule has 0 aromatic rings. The van der Waals surface area contributed by atoms with Crippen molar-refractivity contribution in [3.8, 4) is 0 Å². The van der Waals surface area contributed by atoms with Crippen LogP contribution in [0.1, 0.15) is 12.8 Å². The molecule has 0 unspecified atom stereocenters. The Labute approximate surface area is 161 Å². The number of carboxylic acid groups (broad SMARTS) is 3. The molecule has 0 aromatic carbocycles. The van der Waals surface area contributed by atoms with E-state index in [1.807, 2.05) is 0 Å². The minimum absolute atomic E-state index is 0.0192. The summed E-state index contributed by atoms with van der Waals surface area (Å²) in [5.41, 5.74) is 5.23. The van der Waals surface area contributed by atoms with E-state index in [0.717, 1.165) is 0 Å². The van der Waals surface area contributed by atoms with Crippen molar-refractivity contribution in [2.24, 2.45) is 5.73 Å². The third-order valence-electron chi connectivity index (χ3n) is 2.91. The molecule has 0 radical (unpaired) electrons. The summed E-state index contributed by atoms with van der Waals surface area (Å²) in [7, 11) is 1.63. The number of carbonyl (C=O) groups is 4. The number of nitrogens with one attached hydrogen (secondary N) is 2. The zero-order valence-electron chi connectivity index (χ0n) is 13.7. The van der Waals surface area contributed by atoms with Crippen molar-refractivity contribution in [2.75, 3.05) is 13.6 Å². The number of hydrogen-bond acceptors (Lipinski definition) is 7. The molecule has 0 aromatic heterocycles. The Balaban J connectivity index is 0. The zero-order valence-corrected chi connectivity index (χ0v) is 17.5. The topological polar surface area (TPSA) is 179 Å². The Morgan fingerprint density at radius 3 is 1.72 bits per heavy atom. The molecular formula is C13H25N3O7Se2. The van der Waals surface area contributed by atoms with Crippen molar-refractivity contribution in [1.29, 1.82) is 0 Å². The third kappa shape index (κ3) is 13.9. The Morgan fingerprint density at radius 1 is 0.960 bits per heavy atom. The zero-order chi connectivity index (χ0) is 20.0. The van der Waals surface area contributed by atoms with Crippen LogP contribution in [0, 0.1) is 0 Å². The number of carbonyl (C=O) groups excluding carboxylic acids is 1. The van der Waals surface area contributed by atoms with Gasteiger partial charge in [-0.2, -0.15) is 0 Å². The molecule has 0 amide bonds. The Hall–Kier alpha value is -1.00. The number of hydrogen-bond donors (Lipinski definition) is 6. The summed E-state index contributed by atoms with van der Waals surface area (Å²) in [6, 6.07) is -2.25. The molecule has 0 rings (SSSR count). The predicted octanol–water partition coefficient (Wildman–Crippen LogP) is -2.91. The summed E-state index contributed by atoms with van der Waals surface area (Å²) in [5.74, 6) is -3.23. The second-order valence-corrected chi connectivity index (χ2v) is 6.37. The maximum absolute atomic E-state index is 11.3. The number of aliphatic carboxylic acids is 3. The summed E-state index contributed by atoms with van der Waals surface area (Å²) >= 11 is 4.36. The van der Waals surface area contributed by atoms with Gasteiger partial charge in [0.15, 0.2) is 0 Å². The summed E-state index contributed by atoms with van der Waals surface area (Å²) in [6.45, 7) is -0.0962. The molecule has 0 aliphatic heterocycles. The molecule has 0 aliphatic carbocycles. The maximum atomic E-state index is 11.3. The van der Waals surface area contributed by atoms with E-state index in [2.05, 4.69) is 42.7 Å². The summed E-state index contributed by atoms with van der Waals surface area (Å²) in [5, 5.41) is 31.6. The van der Waals surface area contributed by atoms with Crippen molar-refractivity contribution in [1.82, 2.24) is 10.6 Å². The van der Waals surface area contributed by atoms with Crippen molar-refractivity contribution in [2.45, 2.75) is 41.6 Å². The fourth-order valence-electron chi connectivity index (χ4n) is 1.29. The molecule has 0 fully saturated rings. The number of likely N-dealkylation sites (N-methyl/N-ethyl adjacent to an activating group) is 1. The van der Waals surface area contributed by atoms with E-state index in [-0.39, 0.29) is 25.2 Å². The SMILES string of the molecule is CN[C@@H](C[SeH])C(=O)O.N[C@@H](CCC(=O)CN[C@@H](C[SeH])C(=O)O)C(=O)O. The third-order valence-corrected chi connectivity index (χ3v) is 4.44. The second kappa shape index (κ2) is 15.3. The van der Waals surface area contributed by atoms with Crippen molar-refractivity contribution in [3.63, 3.8) is 0 Å². The van der Waals surface area contributed by atoms with Crippen LogP contribution in [0.2, 0.25) is 10.6 Å². The number of carboxylic acids is 3. The molecule has 0 heterocycles. The van der Waals surface area contributed by atoms with Crippen LogP contribution in [0.3, 0.4) is 0 Å². The Bertz CT molecular complexity index is 447. The van der Waals surface area contributed by atoms with Crippen LogP contribution in [0.4, 0.5) is 0 Å². The first kappa shape index (κ1) is 26.2. The number of nitrogens with two attached hydrogens (primary N) is 1. The molecule has 12 heteroatoms. The van der Waals surface area contributed by atoms with Gasteiger partial charge in [-0.3, -0.25) is 0 Å². The van der Waals surface area contributed by atoms with Gasteiger partial charge in [0.25, 0.3) is 0 Å². The van der Waals surface area contributed by atoms with Gasteiger partial charge in [0, 0.05) is 0 Å². The molecule has 7 N–H and O–H groups in total. The second-order valence-electron chi connectivity index (χ2n) is 4.84. The van der Waals surface area contributed by atoms with Crippen molar-refractivity contribution >= 4 is 55.7 Å². The van der Waals surface area contributed by atoms with E-state index in [9.17, 15) is 19.2 Å². The van der Waals surface area contributed by atoms with Crippen LogP contribution in [0.25, 0.3) is 0 Å². The number of ketones is 1. The van der Waals surface area contributed by atoms with Gasteiger partial charge in [-0.15, -0.1) is 0 Å². The fourth-order valence-corrected chi connectivity index (χ4v) is 2.60. The summed E-state index contributed by atoms with van der Waals surface area (Å²) in [4.78, 5) is 42.4. The molecule has 10 nitrogen and oxygen atoms in total. The van der Waals surface area contributed by atoms with E-state index < -0.39 is 36.0 Å². The molecule has 0 saturated carbocycles. The van der Waals surface area contributed by atoms with Gasteiger partial charge in [-0.1, -0.05) is 0 Å². The monoisotopic (exact) mass is 495 g/mol. The first-order chi connectivity index (χ1) is 11.6. The Morgan fingerprint density at radius 2 is 1.44 bits per heavy atom. The first-order valence-electron chi connectivity index (χ1n) is 7.18. The van der Waals surface area contributed by atoms with Gasteiger partial charge in [0.2, 0.25) is 0 Å². The van der Waals surface area contributed by atoms with Crippen molar-refractivity contribution < 1.29 is 34.5 Å². The van der Waals surface area contributed by atoms with Gasteiger partial charge in [0.1, 0.15) is 0 Å². The molecule has 146 valence electrons. The van der Waals surface area contributed by atoms with Crippen LogP contribution < -0.4 is 16.4 Å². The summed E-state index contributed by atoms with van der Waals surface area (Å²) in [6.07, 6.45) is 0.0706. The molecule has 0 spiro atoms. The molecule has 0 saturated heterocycles.